The van der Waals surface area contributed by atoms with Crippen molar-refractivity contribution in [1.82, 2.24) is 25.2 Å². The molecule has 0 saturated carbocycles. The van der Waals surface area contributed by atoms with Gasteiger partial charge in [0.2, 0.25) is 17.7 Å². The van der Waals surface area contributed by atoms with E-state index < -0.39 is 16.1 Å². The van der Waals surface area contributed by atoms with Gasteiger partial charge in [-0.25, -0.2) is 13.1 Å². The van der Waals surface area contributed by atoms with Gasteiger partial charge in [0, 0.05) is 43.5 Å². The maximum absolute atomic E-state index is 13.7. The quantitative estimate of drug-likeness (QED) is 0.192. The van der Waals surface area contributed by atoms with Crippen molar-refractivity contribution in [3.8, 4) is 11.1 Å². The summed E-state index contributed by atoms with van der Waals surface area (Å²) < 4.78 is 36.9. The van der Waals surface area contributed by atoms with Crippen LogP contribution in [0.5, 0.6) is 0 Å². The lowest BCUT2D eigenvalue weighted by Gasteiger charge is -2.33. The Balaban J connectivity index is 1.79. The minimum absolute atomic E-state index is 0.0677. The average Bonchev–Trinajstić information content (AvgIpc) is 3.64. The number of nitrogens with zero attached hydrogens (tertiary/aromatic N) is 4. The van der Waals surface area contributed by atoms with Crippen LogP contribution in [0.1, 0.15) is 62.4 Å². The van der Waals surface area contributed by atoms with Crippen LogP contribution in [0.2, 0.25) is 0 Å². The van der Waals surface area contributed by atoms with E-state index in [4.69, 9.17) is 4.52 Å². The zero-order valence-electron chi connectivity index (χ0n) is 26.7. The molecule has 2 aromatic heterocycles. The van der Waals surface area contributed by atoms with Crippen molar-refractivity contribution < 1.29 is 22.5 Å². The van der Waals surface area contributed by atoms with Crippen LogP contribution in [0.15, 0.2) is 70.3 Å². The first-order valence-electron chi connectivity index (χ1n) is 15.1. The summed E-state index contributed by atoms with van der Waals surface area (Å²) in [5, 5.41) is 11.0. The van der Waals surface area contributed by atoms with Crippen molar-refractivity contribution >= 4 is 27.7 Å². The molecule has 1 unspecified atom stereocenters. The molecule has 0 saturated heterocycles. The number of anilines is 1. The first-order chi connectivity index (χ1) is 21.5. The average molecular weight is 635 g/mol. The Morgan fingerprint density at radius 1 is 1.07 bits per heavy atom. The Bertz CT molecular complexity index is 1730. The molecule has 0 aliphatic heterocycles. The minimum Gasteiger partial charge on any atom is -0.357 e. The molecule has 4 rings (SSSR count). The summed E-state index contributed by atoms with van der Waals surface area (Å²) in [5.74, 6) is -0.345. The largest absolute Gasteiger partial charge is 0.357 e. The number of rotatable bonds is 14. The van der Waals surface area contributed by atoms with Gasteiger partial charge >= 0.3 is 0 Å². The van der Waals surface area contributed by atoms with Crippen molar-refractivity contribution in [1.29, 1.82) is 0 Å². The number of benzene rings is 2. The summed E-state index contributed by atoms with van der Waals surface area (Å²) in [7, 11) is -2.49. The van der Waals surface area contributed by atoms with Crippen molar-refractivity contribution in [2.75, 3.05) is 11.8 Å². The topological polar surface area (TPSA) is 139 Å². The van der Waals surface area contributed by atoms with Gasteiger partial charge in [0.05, 0.1) is 17.1 Å². The second-order valence-electron chi connectivity index (χ2n) is 11.4. The molecule has 11 nitrogen and oxygen atoms in total. The van der Waals surface area contributed by atoms with E-state index in [0.717, 1.165) is 24.0 Å². The summed E-state index contributed by atoms with van der Waals surface area (Å²) in [6.07, 6.45) is 5.44. The maximum atomic E-state index is 13.7. The summed E-state index contributed by atoms with van der Waals surface area (Å²) >= 11 is 0. The number of carbonyl (C=O) groups excluding carboxylic acids is 2. The van der Waals surface area contributed by atoms with Crippen LogP contribution >= 0.6 is 0 Å². The number of likely N-dealkylation sites (N-methyl/N-ethyl adjacent to an activating group) is 1. The molecule has 0 bridgehead atoms. The Morgan fingerprint density at radius 2 is 1.82 bits per heavy atom. The van der Waals surface area contributed by atoms with Crippen molar-refractivity contribution in [2.24, 2.45) is 5.92 Å². The number of aryl methyl sites for hydroxylation is 1. The summed E-state index contributed by atoms with van der Waals surface area (Å²) in [6, 6.07) is 13.6. The fourth-order valence-electron chi connectivity index (χ4n) is 5.28. The van der Waals surface area contributed by atoms with Gasteiger partial charge in [0.25, 0.3) is 10.0 Å². The molecule has 0 fully saturated rings. The Morgan fingerprint density at radius 3 is 2.44 bits per heavy atom. The van der Waals surface area contributed by atoms with Gasteiger partial charge < -0.3 is 14.7 Å². The lowest BCUT2D eigenvalue weighted by atomic mass is 9.95. The molecule has 2 aromatic carbocycles. The number of sulfonamides is 1. The van der Waals surface area contributed by atoms with Crippen molar-refractivity contribution in [2.45, 2.75) is 77.9 Å². The zero-order chi connectivity index (χ0) is 32.7. The van der Waals surface area contributed by atoms with Gasteiger partial charge in [0.15, 0.2) is 0 Å². The zero-order valence-corrected chi connectivity index (χ0v) is 27.5. The molecule has 2 N–H and O–H groups in total. The molecular formula is C33H42N6O5S. The number of carbonyl (C=O) groups is 2. The lowest BCUT2D eigenvalue weighted by Crippen LogP contribution is -2.51. The van der Waals surface area contributed by atoms with Crippen LogP contribution in [-0.4, -0.2) is 53.2 Å². The SMILES string of the molecule is CCCCC(=O)N(Cc1ccc(-c2ccccc2S(=O)(=O)Nc2onc(C)c2C)c(Cn2cccn2)c1)C(C(=O)NC)C(C)C. The highest BCUT2D eigenvalue weighted by molar-refractivity contribution is 7.92. The molecule has 12 heteroatoms. The van der Waals surface area contributed by atoms with Gasteiger partial charge in [0.1, 0.15) is 6.04 Å². The summed E-state index contributed by atoms with van der Waals surface area (Å²) in [6.45, 7) is 9.93. The Kier molecular flexibility index (Phi) is 10.8. The molecule has 0 aliphatic rings. The Labute approximate surface area is 265 Å². The Hall–Kier alpha value is -4.45. The maximum Gasteiger partial charge on any atom is 0.264 e. The number of amides is 2. The minimum atomic E-state index is -4.07. The smallest absolute Gasteiger partial charge is 0.264 e. The normalized spacial score (nSPS) is 12.2. The summed E-state index contributed by atoms with van der Waals surface area (Å²) in [5.41, 5.74) is 4.00. The van der Waals surface area contributed by atoms with Gasteiger partial charge in [-0.15, -0.1) is 0 Å². The lowest BCUT2D eigenvalue weighted by molar-refractivity contribution is -0.142. The van der Waals surface area contributed by atoms with Gasteiger partial charge in [-0.2, -0.15) is 5.10 Å². The van der Waals surface area contributed by atoms with E-state index in [-0.39, 0.29) is 35.1 Å². The fourth-order valence-corrected chi connectivity index (χ4v) is 6.55. The second kappa shape index (κ2) is 14.6. The molecular weight excluding hydrogens is 592 g/mol. The van der Waals surface area contributed by atoms with Gasteiger partial charge in [-0.1, -0.05) is 68.7 Å². The monoisotopic (exact) mass is 634 g/mol. The third-order valence-corrected chi connectivity index (χ3v) is 9.20. The molecule has 45 heavy (non-hydrogen) atoms. The van der Waals surface area contributed by atoms with Crippen LogP contribution in [0, 0.1) is 19.8 Å². The van der Waals surface area contributed by atoms with E-state index in [1.807, 2.05) is 51.2 Å². The molecule has 4 aromatic rings. The number of unbranched alkanes of at least 4 members (excludes halogenated alkanes) is 1. The van der Waals surface area contributed by atoms with Gasteiger partial charge in [-0.05, 0) is 55.0 Å². The molecule has 0 aliphatic carbocycles. The molecule has 0 spiro atoms. The van der Waals surface area contributed by atoms with E-state index in [9.17, 15) is 18.0 Å². The second-order valence-corrected chi connectivity index (χ2v) is 13.1. The van der Waals surface area contributed by atoms with Crippen LogP contribution in [0.25, 0.3) is 11.1 Å². The predicted octanol–water partition coefficient (Wildman–Crippen LogP) is 5.29. The van der Waals surface area contributed by atoms with Crippen LogP contribution < -0.4 is 10.0 Å². The molecule has 2 amide bonds. The van der Waals surface area contributed by atoms with Crippen molar-refractivity contribution in [3.05, 3.63) is 83.3 Å². The van der Waals surface area contributed by atoms with E-state index in [1.165, 1.54) is 0 Å². The van der Waals surface area contributed by atoms with Crippen LogP contribution in [0.3, 0.4) is 0 Å². The molecule has 1 atom stereocenters. The molecule has 2 heterocycles. The number of hydrogen-bond donors (Lipinski definition) is 2. The molecule has 0 radical (unpaired) electrons. The molecule has 240 valence electrons. The van der Waals surface area contributed by atoms with Gasteiger partial charge in [-0.3, -0.25) is 14.3 Å². The predicted molar refractivity (Wildman–Crippen MR) is 173 cm³/mol. The first-order valence-corrected chi connectivity index (χ1v) is 16.6. The van der Waals surface area contributed by atoms with E-state index >= 15 is 0 Å². The third-order valence-electron chi connectivity index (χ3n) is 7.81. The van der Waals surface area contributed by atoms with E-state index in [2.05, 4.69) is 20.3 Å². The van der Waals surface area contributed by atoms with E-state index in [0.29, 0.717) is 35.3 Å². The number of aromatic nitrogens is 3. The first kappa shape index (κ1) is 33.4. The summed E-state index contributed by atoms with van der Waals surface area (Å²) in [4.78, 5) is 28.2. The highest BCUT2D eigenvalue weighted by Gasteiger charge is 2.32. The van der Waals surface area contributed by atoms with Crippen LogP contribution in [-0.2, 0) is 32.7 Å². The van der Waals surface area contributed by atoms with Crippen molar-refractivity contribution in [3.63, 3.8) is 0 Å². The third kappa shape index (κ3) is 7.80. The highest BCUT2D eigenvalue weighted by Crippen LogP contribution is 2.33. The highest BCUT2D eigenvalue weighted by atomic mass is 32.2. The number of hydrogen-bond acceptors (Lipinski definition) is 7. The van der Waals surface area contributed by atoms with Crippen LogP contribution in [0.4, 0.5) is 5.88 Å². The number of nitrogens with one attached hydrogen (secondary N) is 2. The fraction of sp³-hybridized carbons (Fsp3) is 0.394. The van der Waals surface area contributed by atoms with E-state index in [1.54, 1.807) is 60.9 Å². The standard InChI is InChI=1S/C33H42N6O5S/c1-7-8-14-30(40)39(31(22(2)3)32(41)34-6)20-25-15-16-27(26(19-25)21-38-18-11-17-35-38)28-12-9-10-13-29(28)45(42,43)37-33-23(4)24(5)36-44-33/h9-13,15-19,22,31,37H,7-8,14,20-21H2,1-6H3,(H,34,41).